The Morgan fingerprint density at radius 1 is 1.40 bits per heavy atom. The van der Waals surface area contributed by atoms with E-state index in [4.69, 9.17) is 5.11 Å². The van der Waals surface area contributed by atoms with Crippen LogP contribution in [0.5, 0.6) is 0 Å². The Morgan fingerprint density at radius 2 is 2.10 bits per heavy atom. The molecule has 1 heterocycles. The summed E-state index contributed by atoms with van der Waals surface area (Å²) in [4.78, 5) is 26.4. The second-order valence-corrected chi connectivity index (χ2v) is 5.30. The normalized spacial score (nSPS) is 15.4. The van der Waals surface area contributed by atoms with E-state index in [-0.39, 0.29) is 6.03 Å². The van der Waals surface area contributed by atoms with E-state index in [0.717, 1.165) is 24.1 Å². The van der Waals surface area contributed by atoms with E-state index in [1.54, 1.807) is 4.90 Å². The Bertz CT molecular complexity index is 542. The molecule has 0 fully saturated rings. The van der Waals surface area contributed by atoms with Crippen molar-refractivity contribution in [1.82, 2.24) is 4.90 Å². The quantitative estimate of drug-likeness (QED) is 0.901. The average molecular weight is 276 g/mol. The van der Waals surface area contributed by atoms with Crippen molar-refractivity contribution < 1.29 is 14.7 Å². The van der Waals surface area contributed by atoms with Crippen molar-refractivity contribution in [1.29, 1.82) is 0 Å². The number of aryl methyl sites for hydroxylation is 2. The van der Waals surface area contributed by atoms with Crippen molar-refractivity contribution in [3.63, 3.8) is 0 Å². The van der Waals surface area contributed by atoms with Crippen LogP contribution >= 0.6 is 0 Å². The third kappa shape index (κ3) is 2.61. The summed E-state index contributed by atoms with van der Waals surface area (Å²) < 4.78 is 0. The minimum Gasteiger partial charge on any atom is -0.480 e. The van der Waals surface area contributed by atoms with Gasteiger partial charge >= 0.3 is 12.0 Å². The number of fused-ring (bicyclic) bond motifs is 1. The van der Waals surface area contributed by atoms with E-state index in [9.17, 15) is 9.59 Å². The lowest BCUT2D eigenvalue weighted by atomic mass is 10.00. The molecule has 1 N–H and O–H groups in total. The molecule has 1 atom stereocenters. The van der Waals surface area contributed by atoms with Crippen molar-refractivity contribution in [2.45, 2.75) is 32.7 Å². The maximum absolute atomic E-state index is 12.5. The molecule has 0 radical (unpaired) electrons. The fourth-order valence-electron chi connectivity index (χ4n) is 2.45. The van der Waals surface area contributed by atoms with Gasteiger partial charge in [0.2, 0.25) is 0 Å². The van der Waals surface area contributed by atoms with Crippen LogP contribution in [0, 0.1) is 6.92 Å². The number of hydrogen-bond donors (Lipinski definition) is 1. The number of hydrogen-bond acceptors (Lipinski definition) is 2. The first kappa shape index (κ1) is 14.4. The molecule has 0 saturated heterocycles. The summed E-state index contributed by atoms with van der Waals surface area (Å²) in [6.07, 6.45) is 1.86. The average Bonchev–Trinajstić information content (AvgIpc) is 2.43. The summed E-state index contributed by atoms with van der Waals surface area (Å²) in [6.45, 7) is 4.17. The number of likely N-dealkylation sites (N-methyl/N-ethyl adjacent to an activating group) is 1. The van der Waals surface area contributed by atoms with Gasteiger partial charge < -0.3 is 10.0 Å². The fraction of sp³-hybridized carbons (Fsp3) is 0.467. The summed E-state index contributed by atoms with van der Waals surface area (Å²) in [5.74, 6) is -0.998. The standard InChI is InChI=1S/C15H20N2O3/c1-10-6-7-13-12(9-10)5-4-8-17(13)15(20)16(3)11(2)14(18)19/h6-7,9,11H,4-5,8H2,1-3H3,(H,18,19). The van der Waals surface area contributed by atoms with Gasteiger partial charge in [0.1, 0.15) is 6.04 Å². The van der Waals surface area contributed by atoms with Crippen LogP contribution in [0.2, 0.25) is 0 Å². The van der Waals surface area contributed by atoms with Crippen LogP contribution in [0.25, 0.3) is 0 Å². The predicted molar refractivity (Wildman–Crippen MR) is 77.1 cm³/mol. The van der Waals surface area contributed by atoms with Crippen LogP contribution in [-0.2, 0) is 11.2 Å². The fourth-order valence-corrected chi connectivity index (χ4v) is 2.45. The molecule has 2 rings (SSSR count). The van der Waals surface area contributed by atoms with Crippen molar-refractivity contribution in [3.05, 3.63) is 29.3 Å². The zero-order chi connectivity index (χ0) is 14.9. The molecule has 5 nitrogen and oxygen atoms in total. The maximum atomic E-state index is 12.5. The van der Waals surface area contributed by atoms with Crippen LogP contribution in [0.15, 0.2) is 18.2 Å². The van der Waals surface area contributed by atoms with E-state index < -0.39 is 12.0 Å². The number of carbonyl (C=O) groups excluding carboxylic acids is 1. The highest BCUT2D eigenvalue weighted by Gasteiger charge is 2.29. The van der Waals surface area contributed by atoms with Gasteiger partial charge in [-0.15, -0.1) is 0 Å². The van der Waals surface area contributed by atoms with Gasteiger partial charge in [-0.1, -0.05) is 17.7 Å². The summed E-state index contributed by atoms with van der Waals surface area (Å²) in [7, 11) is 1.53. The molecule has 1 aliphatic heterocycles. The van der Waals surface area contributed by atoms with Gasteiger partial charge in [-0.3, -0.25) is 4.90 Å². The molecular weight excluding hydrogens is 256 g/mol. The van der Waals surface area contributed by atoms with Gasteiger partial charge in [0.15, 0.2) is 0 Å². The Kier molecular flexibility index (Phi) is 3.97. The molecule has 2 amide bonds. The highest BCUT2D eigenvalue weighted by molar-refractivity contribution is 5.95. The molecule has 1 aromatic rings. The number of aliphatic carboxylic acids is 1. The minimum absolute atomic E-state index is 0.260. The highest BCUT2D eigenvalue weighted by Crippen LogP contribution is 2.28. The molecule has 20 heavy (non-hydrogen) atoms. The molecule has 0 aromatic heterocycles. The number of rotatable bonds is 2. The molecule has 1 aromatic carbocycles. The van der Waals surface area contributed by atoms with Gasteiger partial charge in [-0.05, 0) is 38.3 Å². The van der Waals surface area contributed by atoms with Crippen LogP contribution < -0.4 is 4.90 Å². The third-order valence-corrected chi connectivity index (χ3v) is 3.82. The van der Waals surface area contributed by atoms with Crippen molar-refractivity contribution in [2.24, 2.45) is 0 Å². The van der Waals surface area contributed by atoms with Crippen molar-refractivity contribution in [3.8, 4) is 0 Å². The lowest BCUT2D eigenvalue weighted by Crippen LogP contribution is -2.49. The SMILES string of the molecule is Cc1ccc2c(c1)CCCN2C(=O)N(C)C(C)C(=O)O. The second kappa shape index (κ2) is 5.53. The molecule has 0 spiro atoms. The first-order valence-electron chi connectivity index (χ1n) is 6.78. The first-order chi connectivity index (χ1) is 9.41. The number of anilines is 1. The molecule has 0 saturated carbocycles. The van der Waals surface area contributed by atoms with Gasteiger partial charge in [-0.25, -0.2) is 9.59 Å². The third-order valence-electron chi connectivity index (χ3n) is 3.82. The van der Waals surface area contributed by atoms with E-state index in [0.29, 0.717) is 6.54 Å². The van der Waals surface area contributed by atoms with Crippen molar-refractivity contribution >= 4 is 17.7 Å². The van der Waals surface area contributed by atoms with E-state index in [1.165, 1.54) is 24.4 Å². The molecule has 1 unspecified atom stereocenters. The number of nitrogens with zero attached hydrogens (tertiary/aromatic N) is 2. The van der Waals surface area contributed by atoms with Crippen LogP contribution in [0.4, 0.5) is 10.5 Å². The first-order valence-corrected chi connectivity index (χ1v) is 6.78. The number of carboxylic acids is 1. The molecule has 0 bridgehead atoms. The van der Waals surface area contributed by atoms with Crippen LogP contribution in [-0.4, -0.2) is 41.6 Å². The topological polar surface area (TPSA) is 60.9 Å². The Morgan fingerprint density at radius 3 is 2.75 bits per heavy atom. The lowest BCUT2D eigenvalue weighted by molar-refractivity contribution is -0.141. The molecule has 0 aliphatic carbocycles. The maximum Gasteiger partial charge on any atom is 0.326 e. The number of carboxylic acid groups (broad SMARTS) is 1. The van der Waals surface area contributed by atoms with E-state index in [1.807, 2.05) is 19.1 Å². The van der Waals surface area contributed by atoms with Gasteiger partial charge in [0.05, 0.1) is 0 Å². The summed E-state index contributed by atoms with van der Waals surface area (Å²) in [6, 6.07) is 4.92. The lowest BCUT2D eigenvalue weighted by Gasteiger charge is -2.34. The summed E-state index contributed by atoms with van der Waals surface area (Å²) in [5.41, 5.74) is 3.22. The highest BCUT2D eigenvalue weighted by atomic mass is 16.4. The molecular formula is C15H20N2O3. The molecule has 5 heteroatoms. The smallest absolute Gasteiger partial charge is 0.326 e. The Hall–Kier alpha value is -2.04. The number of amides is 2. The van der Waals surface area contributed by atoms with Gasteiger partial charge in [-0.2, -0.15) is 0 Å². The van der Waals surface area contributed by atoms with E-state index in [2.05, 4.69) is 6.07 Å². The second-order valence-electron chi connectivity index (χ2n) is 5.30. The Balaban J connectivity index is 2.27. The van der Waals surface area contributed by atoms with Crippen LogP contribution in [0.3, 0.4) is 0 Å². The van der Waals surface area contributed by atoms with Crippen molar-refractivity contribution in [2.75, 3.05) is 18.5 Å². The number of benzene rings is 1. The summed E-state index contributed by atoms with van der Waals surface area (Å²) >= 11 is 0. The molecule has 108 valence electrons. The largest absolute Gasteiger partial charge is 0.480 e. The zero-order valence-electron chi connectivity index (χ0n) is 12.1. The number of carbonyl (C=O) groups is 2. The monoisotopic (exact) mass is 276 g/mol. The predicted octanol–water partition coefficient (Wildman–Crippen LogP) is 2.27. The number of urea groups is 1. The molecule has 1 aliphatic rings. The van der Waals surface area contributed by atoms with Gasteiger partial charge in [0.25, 0.3) is 0 Å². The van der Waals surface area contributed by atoms with Crippen LogP contribution in [0.1, 0.15) is 24.5 Å². The summed E-state index contributed by atoms with van der Waals surface area (Å²) in [5, 5.41) is 9.02. The Labute approximate surface area is 118 Å². The van der Waals surface area contributed by atoms with E-state index >= 15 is 0 Å². The van der Waals surface area contributed by atoms with Gasteiger partial charge in [0, 0.05) is 19.3 Å². The minimum atomic E-state index is -0.998. The zero-order valence-corrected chi connectivity index (χ0v) is 12.1.